The molecular formula is C27H24N4O3. The van der Waals surface area contributed by atoms with Crippen molar-refractivity contribution < 1.29 is 14.3 Å². The lowest BCUT2D eigenvalue weighted by molar-refractivity contribution is -0.122. The third kappa shape index (κ3) is 4.41. The minimum Gasteiger partial charge on any atom is -0.479 e. The van der Waals surface area contributed by atoms with E-state index in [1.807, 2.05) is 61.5 Å². The molecule has 1 aromatic heterocycles. The number of carbonyl (C=O) groups excluding carboxylic acids is 2. The highest BCUT2D eigenvalue weighted by molar-refractivity contribution is 6.08. The van der Waals surface area contributed by atoms with E-state index in [9.17, 15) is 9.59 Å². The topological polar surface area (TPSA) is 85.3 Å². The van der Waals surface area contributed by atoms with Crippen LogP contribution in [0.5, 0.6) is 5.75 Å². The van der Waals surface area contributed by atoms with Gasteiger partial charge in [0.15, 0.2) is 6.10 Å². The van der Waals surface area contributed by atoms with Gasteiger partial charge in [-0.15, -0.1) is 0 Å². The number of hydrogen-bond acceptors (Lipinski definition) is 4. The van der Waals surface area contributed by atoms with Crippen LogP contribution >= 0.6 is 0 Å². The Balaban J connectivity index is 1.45. The summed E-state index contributed by atoms with van der Waals surface area (Å²) < 4.78 is 7.38. The molecule has 0 radical (unpaired) electrons. The van der Waals surface area contributed by atoms with Crippen LogP contribution in [0.3, 0.4) is 0 Å². The van der Waals surface area contributed by atoms with Crippen LogP contribution in [0.25, 0.3) is 11.3 Å². The van der Waals surface area contributed by atoms with Crippen LogP contribution in [0.1, 0.15) is 28.4 Å². The van der Waals surface area contributed by atoms with Crippen LogP contribution in [0.2, 0.25) is 0 Å². The van der Waals surface area contributed by atoms with Crippen LogP contribution in [0.15, 0.2) is 79.0 Å². The molecular weight excluding hydrogens is 428 g/mol. The zero-order valence-corrected chi connectivity index (χ0v) is 18.9. The van der Waals surface area contributed by atoms with Gasteiger partial charge in [-0.05, 0) is 37.6 Å². The van der Waals surface area contributed by atoms with Gasteiger partial charge < -0.3 is 15.4 Å². The summed E-state index contributed by atoms with van der Waals surface area (Å²) in [6, 6.07) is 23.1. The maximum atomic E-state index is 13.3. The lowest BCUT2D eigenvalue weighted by Gasteiger charge is -2.23. The number of rotatable bonds is 5. The number of ether oxygens (including phenoxy) is 1. The fraction of sp³-hybridized carbons (Fsp3) is 0.148. The quantitative estimate of drug-likeness (QED) is 0.452. The predicted molar refractivity (Wildman–Crippen MR) is 131 cm³/mol. The first-order valence-corrected chi connectivity index (χ1v) is 11.1. The highest BCUT2D eigenvalue weighted by Crippen LogP contribution is 2.32. The summed E-state index contributed by atoms with van der Waals surface area (Å²) in [5, 5.41) is 10.5. The molecule has 7 nitrogen and oxygen atoms in total. The van der Waals surface area contributed by atoms with E-state index in [0.29, 0.717) is 34.9 Å². The number of aryl methyl sites for hydroxylation is 1. The van der Waals surface area contributed by atoms with E-state index >= 15 is 0 Å². The molecule has 0 spiro atoms. The Morgan fingerprint density at radius 3 is 2.62 bits per heavy atom. The van der Waals surface area contributed by atoms with Gasteiger partial charge in [0.2, 0.25) is 0 Å². The zero-order chi connectivity index (χ0) is 23.7. The summed E-state index contributed by atoms with van der Waals surface area (Å²) in [6.07, 6.45) is 1.21. The number of fused-ring (bicyclic) bond motifs is 1. The average Bonchev–Trinajstić information content (AvgIpc) is 3.25. The van der Waals surface area contributed by atoms with Crippen molar-refractivity contribution in [3.8, 4) is 17.0 Å². The lowest BCUT2D eigenvalue weighted by atomic mass is 10.1. The average molecular weight is 453 g/mol. The van der Waals surface area contributed by atoms with Gasteiger partial charge in [0.25, 0.3) is 11.8 Å². The Kier molecular flexibility index (Phi) is 5.59. The van der Waals surface area contributed by atoms with E-state index in [-0.39, 0.29) is 11.8 Å². The molecule has 1 atom stereocenters. The molecule has 1 aliphatic heterocycles. The van der Waals surface area contributed by atoms with Crippen molar-refractivity contribution in [1.82, 2.24) is 9.78 Å². The summed E-state index contributed by atoms with van der Waals surface area (Å²) in [7, 11) is 0. The van der Waals surface area contributed by atoms with Gasteiger partial charge in [-0.3, -0.25) is 14.3 Å². The first kappa shape index (κ1) is 21.5. The highest BCUT2D eigenvalue weighted by atomic mass is 16.5. The largest absolute Gasteiger partial charge is 0.479 e. The van der Waals surface area contributed by atoms with Crippen molar-refractivity contribution in [1.29, 1.82) is 0 Å². The summed E-state index contributed by atoms with van der Waals surface area (Å²) in [5.74, 6) is 0.0622. The molecule has 34 heavy (non-hydrogen) atoms. The Bertz CT molecular complexity index is 1360. The molecule has 1 aliphatic rings. The van der Waals surface area contributed by atoms with Crippen LogP contribution in [0, 0.1) is 6.92 Å². The normalized spacial score (nSPS) is 14.6. The molecule has 4 aromatic rings. The molecule has 2 N–H and O–H groups in total. The van der Waals surface area contributed by atoms with Crippen molar-refractivity contribution >= 4 is 23.2 Å². The summed E-state index contributed by atoms with van der Waals surface area (Å²) in [5.41, 5.74) is 5.23. The molecule has 170 valence electrons. The highest BCUT2D eigenvalue weighted by Gasteiger charge is 2.24. The second-order valence-electron chi connectivity index (χ2n) is 8.35. The Morgan fingerprint density at radius 1 is 1.09 bits per heavy atom. The lowest BCUT2D eigenvalue weighted by Crippen LogP contribution is -2.34. The maximum absolute atomic E-state index is 13.3. The number of hydrogen-bond donors (Lipinski definition) is 2. The molecule has 0 aliphatic carbocycles. The molecule has 2 amide bonds. The number of aromatic nitrogens is 2. The minimum atomic E-state index is -0.555. The number of nitrogens with one attached hydrogen (secondary N) is 2. The fourth-order valence-electron chi connectivity index (χ4n) is 3.85. The molecule has 0 saturated carbocycles. The van der Waals surface area contributed by atoms with Crippen molar-refractivity contribution in [2.45, 2.75) is 26.5 Å². The summed E-state index contributed by atoms with van der Waals surface area (Å²) in [6.45, 7) is 4.26. The van der Waals surface area contributed by atoms with Gasteiger partial charge in [0, 0.05) is 17.4 Å². The molecule has 3 aromatic carbocycles. The SMILES string of the molecule is Cc1ccc(-c2nn(Cc3ccccc3)cc2C(=O)Nc2ccc3c(c2)NC(=O)C(C)O3)cc1. The van der Waals surface area contributed by atoms with E-state index in [0.717, 1.165) is 16.7 Å². The molecule has 2 heterocycles. The van der Waals surface area contributed by atoms with Gasteiger partial charge in [-0.1, -0.05) is 60.2 Å². The Hall–Kier alpha value is -4.39. The van der Waals surface area contributed by atoms with E-state index in [1.54, 1.807) is 36.0 Å². The second kappa shape index (κ2) is 8.86. The van der Waals surface area contributed by atoms with Crippen LogP contribution < -0.4 is 15.4 Å². The molecule has 7 heteroatoms. The summed E-state index contributed by atoms with van der Waals surface area (Å²) >= 11 is 0. The molecule has 0 bridgehead atoms. The standard InChI is InChI=1S/C27H24N4O3/c1-17-8-10-20(11-9-17)25-22(16-31(30-25)15-19-6-4-3-5-7-19)27(33)28-21-12-13-24-23(14-21)29-26(32)18(2)34-24/h3-14,16,18H,15H2,1-2H3,(H,28,33)(H,29,32). The Labute approximate surface area is 197 Å². The fourth-order valence-corrected chi connectivity index (χ4v) is 3.85. The molecule has 0 saturated heterocycles. The van der Waals surface area contributed by atoms with Gasteiger partial charge in [-0.2, -0.15) is 5.10 Å². The van der Waals surface area contributed by atoms with Crippen LogP contribution in [-0.4, -0.2) is 27.7 Å². The van der Waals surface area contributed by atoms with E-state index in [1.165, 1.54) is 0 Å². The van der Waals surface area contributed by atoms with E-state index in [2.05, 4.69) is 10.6 Å². The van der Waals surface area contributed by atoms with Crippen molar-refractivity contribution in [3.05, 3.63) is 95.7 Å². The zero-order valence-electron chi connectivity index (χ0n) is 18.9. The first-order chi connectivity index (χ1) is 16.5. The van der Waals surface area contributed by atoms with Gasteiger partial charge in [-0.25, -0.2) is 0 Å². The second-order valence-corrected chi connectivity index (χ2v) is 8.35. The van der Waals surface area contributed by atoms with Gasteiger partial charge in [0.1, 0.15) is 11.4 Å². The monoisotopic (exact) mass is 452 g/mol. The minimum absolute atomic E-state index is 0.222. The van der Waals surface area contributed by atoms with Crippen molar-refractivity contribution in [2.75, 3.05) is 10.6 Å². The number of benzene rings is 3. The third-order valence-electron chi connectivity index (χ3n) is 5.69. The molecule has 1 unspecified atom stereocenters. The smallest absolute Gasteiger partial charge is 0.265 e. The Morgan fingerprint density at radius 2 is 1.85 bits per heavy atom. The van der Waals surface area contributed by atoms with Gasteiger partial charge in [0.05, 0.1) is 17.8 Å². The van der Waals surface area contributed by atoms with Crippen LogP contribution in [0.4, 0.5) is 11.4 Å². The molecule has 5 rings (SSSR count). The van der Waals surface area contributed by atoms with E-state index in [4.69, 9.17) is 9.84 Å². The van der Waals surface area contributed by atoms with E-state index < -0.39 is 6.10 Å². The third-order valence-corrected chi connectivity index (χ3v) is 5.69. The maximum Gasteiger partial charge on any atom is 0.265 e. The number of nitrogens with zero attached hydrogens (tertiary/aromatic N) is 2. The summed E-state index contributed by atoms with van der Waals surface area (Å²) in [4.78, 5) is 25.3. The van der Waals surface area contributed by atoms with Crippen molar-refractivity contribution in [3.63, 3.8) is 0 Å². The number of anilines is 2. The predicted octanol–water partition coefficient (Wildman–Crippen LogP) is 4.88. The van der Waals surface area contributed by atoms with Gasteiger partial charge >= 0.3 is 0 Å². The number of amides is 2. The molecule has 0 fully saturated rings. The van der Waals surface area contributed by atoms with Crippen LogP contribution in [-0.2, 0) is 11.3 Å². The number of carbonyl (C=O) groups is 2. The van der Waals surface area contributed by atoms with Crippen molar-refractivity contribution in [2.24, 2.45) is 0 Å². The first-order valence-electron chi connectivity index (χ1n) is 11.1.